The molecule has 0 amide bonds. The highest BCUT2D eigenvalue weighted by Gasteiger charge is 2.22. The van der Waals surface area contributed by atoms with Crippen LogP contribution in [0.15, 0.2) is 18.2 Å². The number of rotatable bonds is 5. The minimum atomic E-state index is -0.543. The van der Waals surface area contributed by atoms with Gasteiger partial charge in [-0.2, -0.15) is 0 Å². The summed E-state index contributed by atoms with van der Waals surface area (Å²) in [6.45, 7) is 8.47. The van der Waals surface area contributed by atoms with Crippen LogP contribution < -0.4 is 5.32 Å². The van der Waals surface area contributed by atoms with E-state index in [4.69, 9.17) is 4.74 Å². The Bertz CT molecular complexity index is 368. The molecule has 0 fully saturated rings. The Morgan fingerprint density at radius 1 is 1.22 bits per heavy atom. The molecule has 0 bridgehead atoms. The van der Waals surface area contributed by atoms with E-state index in [1.165, 1.54) is 18.2 Å². The summed E-state index contributed by atoms with van der Waals surface area (Å²) >= 11 is 0. The van der Waals surface area contributed by atoms with Crippen LogP contribution in [0, 0.1) is 11.6 Å². The molecule has 0 saturated carbocycles. The average molecular weight is 257 g/mol. The number of halogens is 2. The van der Waals surface area contributed by atoms with Crippen molar-refractivity contribution in [2.24, 2.45) is 0 Å². The normalized spacial score (nSPS) is 13.7. The van der Waals surface area contributed by atoms with Crippen LogP contribution in [-0.2, 0) is 4.74 Å². The monoisotopic (exact) mass is 257 g/mol. The highest BCUT2D eigenvalue weighted by atomic mass is 19.1. The molecule has 1 rings (SSSR count). The van der Waals surface area contributed by atoms with Gasteiger partial charge < -0.3 is 10.1 Å². The zero-order valence-corrected chi connectivity index (χ0v) is 11.4. The van der Waals surface area contributed by atoms with E-state index >= 15 is 0 Å². The Labute approximate surface area is 107 Å². The summed E-state index contributed by atoms with van der Waals surface area (Å²) in [5.41, 5.74) is -0.293. The van der Waals surface area contributed by atoms with Gasteiger partial charge in [0.05, 0.1) is 18.2 Å². The molecule has 0 aliphatic heterocycles. The summed E-state index contributed by atoms with van der Waals surface area (Å²) in [6.07, 6.45) is 0. The van der Waals surface area contributed by atoms with Gasteiger partial charge in [-0.25, -0.2) is 8.78 Å². The van der Waals surface area contributed by atoms with Crippen molar-refractivity contribution >= 4 is 0 Å². The molecule has 18 heavy (non-hydrogen) atoms. The van der Waals surface area contributed by atoms with Gasteiger partial charge in [-0.05, 0) is 39.4 Å². The van der Waals surface area contributed by atoms with Gasteiger partial charge in [-0.15, -0.1) is 0 Å². The molecule has 0 spiro atoms. The largest absolute Gasteiger partial charge is 0.374 e. The third-order valence-electron chi connectivity index (χ3n) is 2.48. The maximum Gasteiger partial charge on any atom is 0.131 e. The predicted molar refractivity (Wildman–Crippen MR) is 68.5 cm³/mol. The molecule has 0 aromatic heterocycles. The number of benzene rings is 1. The summed E-state index contributed by atoms with van der Waals surface area (Å²) < 4.78 is 33.0. The second-order valence-electron chi connectivity index (χ2n) is 5.17. The third kappa shape index (κ3) is 4.35. The second-order valence-corrected chi connectivity index (χ2v) is 5.17. The molecule has 2 nitrogen and oxygen atoms in total. The Hall–Kier alpha value is -1.00. The van der Waals surface area contributed by atoms with Crippen LogP contribution in [0.1, 0.15) is 39.3 Å². The van der Waals surface area contributed by atoms with E-state index in [1.54, 1.807) is 0 Å². The molecule has 0 aliphatic carbocycles. The fraction of sp³-hybridized carbons (Fsp3) is 0.571. The van der Waals surface area contributed by atoms with Crippen LogP contribution in [0.5, 0.6) is 0 Å². The molecular weight excluding hydrogens is 236 g/mol. The van der Waals surface area contributed by atoms with Gasteiger partial charge in [-0.1, -0.05) is 13.0 Å². The van der Waals surface area contributed by atoms with Gasteiger partial charge in [0.25, 0.3) is 0 Å². The quantitative estimate of drug-likeness (QED) is 0.872. The van der Waals surface area contributed by atoms with Crippen molar-refractivity contribution in [3.8, 4) is 0 Å². The fourth-order valence-corrected chi connectivity index (χ4v) is 1.67. The van der Waals surface area contributed by atoms with Crippen molar-refractivity contribution in [1.29, 1.82) is 0 Å². The summed E-state index contributed by atoms with van der Waals surface area (Å²) in [7, 11) is 0. The topological polar surface area (TPSA) is 21.3 Å². The standard InChI is InChI=1S/C14H21F2NO/c1-5-17-12(9-18-14(2,3)4)13-10(15)7-6-8-11(13)16/h6-8,12,17H,5,9H2,1-4H3. The van der Waals surface area contributed by atoms with E-state index < -0.39 is 17.7 Å². The van der Waals surface area contributed by atoms with Gasteiger partial charge in [0.1, 0.15) is 11.6 Å². The summed E-state index contributed by atoms with van der Waals surface area (Å²) in [4.78, 5) is 0. The first-order valence-corrected chi connectivity index (χ1v) is 6.16. The van der Waals surface area contributed by atoms with Gasteiger partial charge >= 0.3 is 0 Å². The van der Waals surface area contributed by atoms with Crippen LogP contribution in [0.2, 0.25) is 0 Å². The first-order valence-electron chi connectivity index (χ1n) is 6.16. The van der Waals surface area contributed by atoms with Gasteiger partial charge in [0.15, 0.2) is 0 Å². The predicted octanol–water partition coefficient (Wildman–Crippen LogP) is 3.43. The molecule has 0 aliphatic rings. The highest BCUT2D eigenvalue weighted by Crippen LogP contribution is 2.22. The lowest BCUT2D eigenvalue weighted by Crippen LogP contribution is -2.31. The van der Waals surface area contributed by atoms with E-state index in [2.05, 4.69) is 5.32 Å². The van der Waals surface area contributed by atoms with Crippen molar-refractivity contribution in [1.82, 2.24) is 5.32 Å². The van der Waals surface area contributed by atoms with E-state index in [0.717, 1.165) is 0 Å². The maximum atomic E-state index is 13.7. The minimum absolute atomic E-state index is 0.0450. The van der Waals surface area contributed by atoms with Crippen molar-refractivity contribution in [2.45, 2.75) is 39.3 Å². The van der Waals surface area contributed by atoms with E-state index in [9.17, 15) is 8.78 Å². The highest BCUT2D eigenvalue weighted by molar-refractivity contribution is 5.23. The van der Waals surface area contributed by atoms with E-state index in [-0.39, 0.29) is 17.8 Å². The summed E-state index contributed by atoms with van der Waals surface area (Å²) in [5.74, 6) is -1.09. The number of nitrogens with one attached hydrogen (secondary N) is 1. The number of hydrogen-bond donors (Lipinski definition) is 1. The zero-order chi connectivity index (χ0) is 13.8. The molecule has 0 radical (unpaired) electrons. The first-order chi connectivity index (χ1) is 8.35. The third-order valence-corrected chi connectivity index (χ3v) is 2.48. The van der Waals surface area contributed by atoms with Crippen molar-refractivity contribution in [2.75, 3.05) is 13.2 Å². The van der Waals surface area contributed by atoms with E-state index in [1.807, 2.05) is 27.7 Å². The Kier molecular flexibility index (Phi) is 5.23. The number of ether oxygens (including phenoxy) is 1. The minimum Gasteiger partial charge on any atom is -0.374 e. The molecule has 1 N–H and O–H groups in total. The van der Waals surface area contributed by atoms with E-state index in [0.29, 0.717) is 6.54 Å². The summed E-state index contributed by atoms with van der Waals surface area (Å²) in [6, 6.07) is 3.41. The zero-order valence-electron chi connectivity index (χ0n) is 11.4. The van der Waals surface area contributed by atoms with Gasteiger partial charge in [0.2, 0.25) is 0 Å². The molecule has 1 aromatic rings. The second kappa shape index (κ2) is 6.25. The van der Waals surface area contributed by atoms with Crippen molar-refractivity contribution in [3.05, 3.63) is 35.4 Å². The lowest BCUT2D eigenvalue weighted by Gasteiger charge is -2.25. The Balaban J connectivity index is 2.90. The van der Waals surface area contributed by atoms with Crippen LogP contribution in [0.3, 0.4) is 0 Å². The Morgan fingerprint density at radius 2 is 1.78 bits per heavy atom. The van der Waals surface area contributed by atoms with Gasteiger partial charge in [-0.3, -0.25) is 0 Å². The molecule has 0 heterocycles. The van der Waals surface area contributed by atoms with Crippen molar-refractivity contribution in [3.63, 3.8) is 0 Å². The van der Waals surface area contributed by atoms with Crippen LogP contribution in [0.25, 0.3) is 0 Å². The average Bonchev–Trinajstić information content (AvgIpc) is 2.24. The SMILES string of the molecule is CCNC(COC(C)(C)C)c1c(F)cccc1F. The summed E-state index contributed by atoms with van der Waals surface area (Å²) in [5, 5.41) is 3.05. The first kappa shape index (κ1) is 15.1. The van der Waals surface area contributed by atoms with Crippen LogP contribution in [-0.4, -0.2) is 18.8 Å². The smallest absolute Gasteiger partial charge is 0.131 e. The lowest BCUT2D eigenvalue weighted by atomic mass is 10.1. The van der Waals surface area contributed by atoms with Crippen LogP contribution >= 0.6 is 0 Å². The van der Waals surface area contributed by atoms with Gasteiger partial charge in [0, 0.05) is 5.56 Å². The molecule has 1 unspecified atom stereocenters. The molecule has 4 heteroatoms. The number of likely N-dealkylation sites (N-methyl/N-ethyl adjacent to an activating group) is 1. The Morgan fingerprint density at radius 3 is 2.22 bits per heavy atom. The van der Waals surface area contributed by atoms with Crippen molar-refractivity contribution < 1.29 is 13.5 Å². The molecule has 1 aromatic carbocycles. The lowest BCUT2D eigenvalue weighted by molar-refractivity contribution is -0.0154. The molecule has 1 atom stereocenters. The molecular formula is C14H21F2NO. The fourth-order valence-electron chi connectivity index (χ4n) is 1.67. The maximum absolute atomic E-state index is 13.7. The number of hydrogen-bond acceptors (Lipinski definition) is 2. The molecule has 102 valence electrons. The molecule has 0 saturated heterocycles. The van der Waals surface area contributed by atoms with Crippen LogP contribution in [0.4, 0.5) is 8.78 Å².